The average molecular weight is 743 g/mol. The molecule has 0 spiro atoms. The Hall–Kier alpha value is -6.25. The summed E-state index contributed by atoms with van der Waals surface area (Å²) in [6, 6.07) is 43.5. The van der Waals surface area contributed by atoms with Crippen molar-refractivity contribution >= 4 is 51.9 Å². The predicted molar refractivity (Wildman–Crippen MR) is 209 cm³/mol. The van der Waals surface area contributed by atoms with Crippen LogP contribution < -0.4 is 15.9 Å². The summed E-state index contributed by atoms with van der Waals surface area (Å²) in [6.45, 7) is 2.22. The Balaban J connectivity index is 1.43. The number of nitro benzene ring substituents is 1. The first-order chi connectivity index (χ1) is 26.2. The lowest BCUT2D eigenvalue weighted by Crippen LogP contribution is -2.68. The van der Waals surface area contributed by atoms with Gasteiger partial charge in [0.1, 0.15) is 24.7 Å². The summed E-state index contributed by atoms with van der Waals surface area (Å²) in [6.07, 6.45) is 0.0193. The topological polar surface area (TPSA) is 125 Å². The molecular weight excluding hydrogens is 703 g/mol. The number of ether oxygens (including phenoxy) is 3. The van der Waals surface area contributed by atoms with Crippen LogP contribution in [0.25, 0.3) is 0 Å². The largest absolute Gasteiger partial charge is 0.508 e. The fraction of sp³-hybridized carbons (Fsp3) is 0.163. The van der Waals surface area contributed by atoms with Gasteiger partial charge in [-0.1, -0.05) is 127 Å². The zero-order valence-electron chi connectivity index (χ0n) is 29.6. The number of likely N-dealkylation sites (tertiary alicyclic amines) is 1. The van der Waals surface area contributed by atoms with E-state index in [1.54, 1.807) is 17.9 Å². The summed E-state index contributed by atoms with van der Waals surface area (Å²) in [5, 5.41) is 13.5. The van der Waals surface area contributed by atoms with Crippen molar-refractivity contribution in [1.82, 2.24) is 4.90 Å². The van der Waals surface area contributed by atoms with Crippen molar-refractivity contribution in [3.63, 3.8) is 0 Å². The van der Waals surface area contributed by atoms with Gasteiger partial charge in [-0.3, -0.25) is 14.9 Å². The maximum atomic E-state index is 15.0. The Bertz CT molecular complexity index is 2060. The van der Waals surface area contributed by atoms with Gasteiger partial charge in [-0.15, -0.1) is 6.58 Å². The first-order valence-electron chi connectivity index (χ1n) is 17.4. The third-order valence-corrected chi connectivity index (χ3v) is 13.6. The number of carbonyl (C=O) groups excluding carboxylic acids is 3. The van der Waals surface area contributed by atoms with Crippen LogP contribution in [0.15, 0.2) is 158 Å². The van der Waals surface area contributed by atoms with Crippen LogP contribution in [0.3, 0.4) is 0 Å². The van der Waals surface area contributed by atoms with Gasteiger partial charge in [0.2, 0.25) is 5.91 Å². The van der Waals surface area contributed by atoms with E-state index < -0.39 is 47.9 Å². The highest BCUT2D eigenvalue weighted by Crippen LogP contribution is 2.50. The first kappa shape index (κ1) is 37.5. The third-order valence-electron chi connectivity index (χ3n) is 9.34. The summed E-state index contributed by atoms with van der Waals surface area (Å²) in [5.74, 6) is -1.88. The van der Waals surface area contributed by atoms with E-state index in [-0.39, 0.29) is 30.7 Å². The number of benzene rings is 5. The molecule has 11 heteroatoms. The first-order valence-corrected chi connectivity index (χ1v) is 19.2. The molecule has 274 valence electrons. The quantitative estimate of drug-likeness (QED) is 0.0300. The monoisotopic (exact) mass is 742 g/mol. The molecular formula is C43H39N2O8P. The maximum Gasteiger partial charge on any atom is 0.508 e. The van der Waals surface area contributed by atoms with Crippen LogP contribution in [0.5, 0.6) is 0 Å². The van der Waals surface area contributed by atoms with Crippen molar-refractivity contribution in [3.05, 3.63) is 179 Å². The fourth-order valence-corrected chi connectivity index (χ4v) is 11.2. The molecule has 1 aliphatic heterocycles. The second kappa shape index (κ2) is 17.1. The summed E-state index contributed by atoms with van der Waals surface area (Å²) >= 11 is 0. The van der Waals surface area contributed by atoms with Crippen molar-refractivity contribution in [2.75, 3.05) is 0 Å². The Morgan fingerprint density at radius 1 is 0.759 bits per heavy atom. The van der Waals surface area contributed by atoms with Gasteiger partial charge in [0.15, 0.2) is 0 Å². The van der Waals surface area contributed by atoms with Crippen molar-refractivity contribution in [2.24, 2.45) is 5.92 Å². The molecule has 1 fully saturated rings. The lowest BCUT2D eigenvalue weighted by Gasteiger charge is -2.51. The van der Waals surface area contributed by atoms with Crippen LogP contribution in [-0.2, 0) is 37.0 Å². The maximum absolute atomic E-state index is 15.0. The number of hydrogen-bond donors (Lipinski definition) is 0. The highest BCUT2D eigenvalue weighted by atomic mass is 31.2. The molecule has 0 bridgehead atoms. The number of non-ortho nitro benzene ring substituents is 1. The Morgan fingerprint density at radius 2 is 1.22 bits per heavy atom. The van der Waals surface area contributed by atoms with Gasteiger partial charge in [0.05, 0.1) is 16.9 Å². The van der Waals surface area contributed by atoms with Crippen LogP contribution >= 0.6 is 6.89 Å². The van der Waals surface area contributed by atoms with E-state index in [0.29, 0.717) is 5.56 Å². The van der Waals surface area contributed by atoms with E-state index in [9.17, 15) is 24.5 Å². The minimum Gasteiger partial charge on any atom is -0.456 e. The standard InChI is InChI=1S/C43H39N2O8P/c1-3-16-38-39(31(2)53-43(48)52-30-33-25-27-34(28-26-33)45(49)50)40(46)44(38)41(42(47)51-29-32-17-8-4-9-18-32)54(35-19-10-5-11-20-35,36-21-12-6-13-22-36)37-23-14-7-15-24-37/h3-15,17-28,31,38-39H,1,16,29-30H2,2H3. The molecule has 1 amide bonds. The van der Waals surface area contributed by atoms with Gasteiger partial charge in [0, 0.05) is 19.0 Å². The van der Waals surface area contributed by atoms with Crippen LogP contribution in [0.1, 0.15) is 24.5 Å². The summed E-state index contributed by atoms with van der Waals surface area (Å²) in [5.41, 5.74) is 1.44. The minimum absolute atomic E-state index is 0.0146. The van der Waals surface area contributed by atoms with Crippen LogP contribution in [-0.4, -0.2) is 45.4 Å². The zero-order chi connectivity index (χ0) is 38.1. The van der Waals surface area contributed by atoms with Gasteiger partial charge in [-0.2, -0.15) is 0 Å². The molecule has 0 saturated carbocycles. The van der Waals surface area contributed by atoms with Gasteiger partial charge >= 0.3 is 12.1 Å². The molecule has 0 radical (unpaired) electrons. The fourth-order valence-electron chi connectivity index (χ4n) is 6.83. The van der Waals surface area contributed by atoms with Crippen molar-refractivity contribution < 1.29 is 33.5 Å². The summed E-state index contributed by atoms with van der Waals surface area (Å²) in [4.78, 5) is 54.6. The lowest BCUT2D eigenvalue weighted by atomic mass is 9.81. The SMILES string of the molecule is C=CCC1C(C(C)OC(=O)OCc2ccc([N+](=O)[O-])cc2)C(=O)N1C(C(=O)OCc1ccccc1)=P(c1ccccc1)(c1ccccc1)c1ccccc1. The second-order valence-electron chi connectivity index (χ2n) is 12.7. The highest BCUT2D eigenvalue weighted by Gasteiger charge is 2.56. The molecule has 3 atom stereocenters. The van der Waals surface area contributed by atoms with Crippen LogP contribution in [0.4, 0.5) is 10.5 Å². The number of amides is 1. The van der Waals surface area contributed by atoms with E-state index in [1.807, 2.05) is 121 Å². The Labute approximate surface area is 313 Å². The number of carbonyl (C=O) groups is 3. The van der Waals surface area contributed by atoms with E-state index in [0.717, 1.165) is 21.5 Å². The Morgan fingerprint density at radius 3 is 1.70 bits per heavy atom. The molecule has 0 aromatic heterocycles. The second-order valence-corrected chi connectivity index (χ2v) is 16.0. The zero-order valence-corrected chi connectivity index (χ0v) is 30.5. The summed E-state index contributed by atoms with van der Waals surface area (Å²) in [7, 11) is 0. The number of nitrogens with zero attached hydrogens (tertiary/aromatic N) is 2. The Kier molecular flexibility index (Phi) is 11.8. The van der Waals surface area contributed by atoms with E-state index in [4.69, 9.17) is 14.2 Å². The van der Waals surface area contributed by atoms with Crippen molar-refractivity contribution in [3.8, 4) is 0 Å². The molecule has 10 nitrogen and oxygen atoms in total. The smallest absolute Gasteiger partial charge is 0.456 e. The number of rotatable bonds is 14. The minimum atomic E-state index is -3.16. The molecule has 5 aromatic rings. The van der Waals surface area contributed by atoms with E-state index in [1.165, 1.54) is 24.3 Å². The average Bonchev–Trinajstić information content (AvgIpc) is 3.20. The molecule has 0 N–H and O–H groups in total. The van der Waals surface area contributed by atoms with Crippen molar-refractivity contribution in [1.29, 1.82) is 0 Å². The number of β-lactam (4-membered cyclic amide) rings is 1. The van der Waals surface area contributed by atoms with Gasteiger partial charge < -0.3 is 19.1 Å². The molecule has 1 heterocycles. The molecule has 6 rings (SSSR count). The third kappa shape index (κ3) is 7.75. The molecule has 1 aliphatic rings. The lowest BCUT2D eigenvalue weighted by molar-refractivity contribution is -0.384. The highest BCUT2D eigenvalue weighted by molar-refractivity contribution is 7.96. The summed E-state index contributed by atoms with van der Waals surface area (Å²) < 4.78 is 17.1. The molecule has 3 unspecified atom stereocenters. The van der Waals surface area contributed by atoms with E-state index in [2.05, 4.69) is 6.58 Å². The molecule has 5 aromatic carbocycles. The van der Waals surface area contributed by atoms with E-state index >= 15 is 0 Å². The van der Waals surface area contributed by atoms with Crippen LogP contribution in [0.2, 0.25) is 0 Å². The molecule has 0 aliphatic carbocycles. The molecule has 1 saturated heterocycles. The predicted octanol–water partition coefficient (Wildman–Crippen LogP) is 6.91. The number of nitro groups is 1. The van der Waals surface area contributed by atoms with Crippen molar-refractivity contribution in [2.45, 2.75) is 38.7 Å². The van der Waals surface area contributed by atoms with Crippen LogP contribution in [0, 0.1) is 16.0 Å². The normalized spacial score (nSPS) is 15.6. The van der Waals surface area contributed by atoms with Gasteiger partial charge in [0.25, 0.3) is 5.69 Å². The number of hydrogen-bond acceptors (Lipinski definition) is 8. The molecule has 54 heavy (non-hydrogen) atoms. The van der Waals surface area contributed by atoms with Gasteiger partial charge in [-0.05, 0) is 52.5 Å². The number of esters is 1. The van der Waals surface area contributed by atoms with Gasteiger partial charge in [-0.25, -0.2) is 9.59 Å².